The molecule has 1 atom stereocenters. The van der Waals surface area contributed by atoms with Crippen LogP contribution in [0.15, 0.2) is 40.8 Å². The van der Waals surface area contributed by atoms with E-state index in [0.29, 0.717) is 0 Å². The number of hydrogen-bond donors (Lipinski definition) is 0. The minimum atomic E-state index is -3.79. The number of rotatable bonds is 6. The molecule has 0 unspecified atom stereocenters. The van der Waals surface area contributed by atoms with Crippen molar-refractivity contribution in [1.29, 1.82) is 0 Å². The van der Waals surface area contributed by atoms with E-state index in [1.165, 1.54) is 23.4 Å². The Morgan fingerprint density at radius 3 is 2.36 bits per heavy atom. The SMILES string of the molecule is COC(=O)[C@H](C)N(CC=C1CCCCC1)S(=O)(=O)c1ccc(C)cc1. The Morgan fingerprint density at radius 1 is 1.20 bits per heavy atom. The maximum atomic E-state index is 13.1. The van der Waals surface area contributed by atoms with Gasteiger partial charge in [-0.15, -0.1) is 0 Å². The molecule has 6 heteroatoms. The van der Waals surface area contributed by atoms with Crippen LogP contribution in [0, 0.1) is 6.92 Å². The first-order valence-electron chi connectivity index (χ1n) is 8.70. The standard InChI is InChI=1S/C19H27NO4S/c1-15-9-11-18(12-10-15)25(22,23)20(16(2)19(21)24-3)14-13-17-7-5-4-6-8-17/h9-13,16H,4-8,14H2,1-3H3/t16-/m0/s1. The number of sulfonamides is 1. The summed E-state index contributed by atoms with van der Waals surface area (Å²) in [5.41, 5.74) is 2.25. The van der Waals surface area contributed by atoms with Gasteiger partial charge in [0.15, 0.2) is 0 Å². The second-order valence-corrected chi connectivity index (χ2v) is 8.40. The number of esters is 1. The van der Waals surface area contributed by atoms with Crippen LogP contribution in [-0.2, 0) is 19.6 Å². The summed E-state index contributed by atoms with van der Waals surface area (Å²) in [6.45, 7) is 3.65. The van der Waals surface area contributed by atoms with Gasteiger partial charge in [0.2, 0.25) is 10.0 Å². The third-order valence-corrected chi connectivity index (χ3v) is 6.61. The van der Waals surface area contributed by atoms with Gasteiger partial charge in [0, 0.05) is 6.54 Å². The lowest BCUT2D eigenvalue weighted by Gasteiger charge is -2.26. The summed E-state index contributed by atoms with van der Waals surface area (Å²) >= 11 is 0. The molecule has 2 rings (SSSR count). The maximum Gasteiger partial charge on any atom is 0.323 e. The molecular formula is C19H27NO4S. The van der Waals surface area contributed by atoms with Crippen LogP contribution in [0.5, 0.6) is 0 Å². The van der Waals surface area contributed by atoms with Crippen molar-refractivity contribution >= 4 is 16.0 Å². The molecule has 0 spiro atoms. The molecule has 1 aromatic rings. The minimum absolute atomic E-state index is 0.182. The van der Waals surface area contributed by atoms with Gasteiger partial charge in [0.05, 0.1) is 12.0 Å². The summed E-state index contributed by atoms with van der Waals surface area (Å²) in [5, 5.41) is 0. The predicted molar refractivity (Wildman–Crippen MR) is 97.7 cm³/mol. The minimum Gasteiger partial charge on any atom is -0.468 e. The molecule has 25 heavy (non-hydrogen) atoms. The van der Waals surface area contributed by atoms with E-state index >= 15 is 0 Å². The van der Waals surface area contributed by atoms with Gasteiger partial charge < -0.3 is 4.74 Å². The van der Waals surface area contributed by atoms with E-state index in [2.05, 4.69) is 0 Å². The van der Waals surface area contributed by atoms with Crippen molar-refractivity contribution < 1.29 is 17.9 Å². The fourth-order valence-corrected chi connectivity index (χ4v) is 4.55. The largest absolute Gasteiger partial charge is 0.468 e. The Balaban J connectivity index is 2.32. The molecule has 0 aliphatic heterocycles. The number of benzene rings is 1. The van der Waals surface area contributed by atoms with Crippen molar-refractivity contribution in [2.75, 3.05) is 13.7 Å². The number of hydrogen-bond acceptors (Lipinski definition) is 4. The van der Waals surface area contributed by atoms with Crippen molar-refractivity contribution in [3.8, 4) is 0 Å². The van der Waals surface area contributed by atoms with Crippen molar-refractivity contribution in [2.24, 2.45) is 0 Å². The number of aryl methyl sites for hydroxylation is 1. The van der Waals surface area contributed by atoms with Gasteiger partial charge >= 0.3 is 5.97 Å². The van der Waals surface area contributed by atoms with Crippen LogP contribution >= 0.6 is 0 Å². The average molecular weight is 365 g/mol. The number of carbonyl (C=O) groups excluding carboxylic acids is 1. The lowest BCUT2D eigenvalue weighted by atomic mass is 9.95. The van der Waals surface area contributed by atoms with Crippen LogP contribution in [-0.4, -0.2) is 38.4 Å². The van der Waals surface area contributed by atoms with Crippen LogP contribution in [0.25, 0.3) is 0 Å². The normalized spacial score (nSPS) is 16.6. The smallest absolute Gasteiger partial charge is 0.323 e. The molecule has 0 bridgehead atoms. The van der Waals surface area contributed by atoms with E-state index in [4.69, 9.17) is 4.74 Å². The first-order chi connectivity index (χ1) is 11.9. The fraction of sp³-hybridized carbons (Fsp3) is 0.526. The van der Waals surface area contributed by atoms with E-state index < -0.39 is 22.0 Å². The average Bonchev–Trinajstić information content (AvgIpc) is 2.62. The van der Waals surface area contributed by atoms with Gasteiger partial charge in [-0.2, -0.15) is 4.31 Å². The monoisotopic (exact) mass is 365 g/mol. The molecular weight excluding hydrogens is 338 g/mol. The van der Waals surface area contributed by atoms with Gasteiger partial charge in [-0.25, -0.2) is 8.42 Å². The van der Waals surface area contributed by atoms with Gasteiger partial charge in [-0.1, -0.05) is 35.8 Å². The summed E-state index contributed by atoms with van der Waals surface area (Å²) in [5.74, 6) is -0.558. The molecule has 1 saturated carbocycles. The second kappa shape index (κ2) is 8.63. The molecule has 1 aromatic carbocycles. The zero-order valence-corrected chi connectivity index (χ0v) is 16.0. The van der Waals surface area contributed by atoms with Crippen molar-refractivity contribution in [3.05, 3.63) is 41.5 Å². The summed E-state index contributed by atoms with van der Waals surface area (Å²) < 4.78 is 32.1. The second-order valence-electron chi connectivity index (χ2n) is 6.51. The maximum absolute atomic E-state index is 13.1. The quantitative estimate of drug-likeness (QED) is 0.572. The molecule has 0 radical (unpaired) electrons. The lowest BCUT2D eigenvalue weighted by molar-refractivity contribution is -0.144. The van der Waals surface area contributed by atoms with Gasteiger partial charge in [0.25, 0.3) is 0 Å². The van der Waals surface area contributed by atoms with E-state index in [0.717, 1.165) is 31.2 Å². The summed E-state index contributed by atoms with van der Waals surface area (Å²) in [4.78, 5) is 12.2. The number of ether oxygens (including phenoxy) is 1. The Labute approximate surface area is 150 Å². The van der Waals surface area contributed by atoms with E-state index in [1.54, 1.807) is 31.2 Å². The molecule has 1 fully saturated rings. The van der Waals surface area contributed by atoms with Crippen LogP contribution < -0.4 is 0 Å². The fourth-order valence-electron chi connectivity index (χ4n) is 3.03. The Bertz CT molecular complexity index is 714. The zero-order valence-electron chi connectivity index (χ0n) is 15.2. The molecule has 0 heterocycles. The number of carbonyl (C=O) groups is 1. The summed E-state index contributed by atoms with van der Waals surface area (Å²) in [6, 6.07) is 5.79. The van der Waals surface area contributed by atoms with E-state index in [-0.39, 0.29) is 11.4 Å². The van der Waals surface area contributed by atoms with E-state index in [1.807, 2.05) is 13.0 Å². The molecule has 0 N–H and O–H groups in total. The third kappa shape index (κ3) is 4.92. The van der Waals surface area contributed by atoms with Gasteiger partial charge in [0.1, 0.15) is 6.04 Å². The van der Waals surface area contributed by atoms with Crippen molar-refractivity contribution in [3.63, 3.8) is 0 Å². The van der Waals surface area contributed by atoms with Crippen LogP contribution in [0.2, 0.25) is 0 Å². The molecule has 5 nitrogen and oxygen atoms in total. The van der Waals surface area contributed by atoms with Gasteiger partial charge in [-0.3, -0.25) is 4.79 Å². The van der Waals surface area contributed by atoms with E-state index in [9.17, 15) is 13.2 Å². The van der Waals surface area contributed by atoms with Crippen molar-refractivity contribution in [2.45, 2.75) is 56.9 Å². The highest BCUT2D eigenvalue weighted by Gasteiger charge is 2.33. The van der Waals surface area contributed by atoms with Crippen LogP contribution in [0.1, 0.15) is 44.6 Å². The van der Waals surface area contributed by atoms with Crippen molar-refractivity contribution in [1.82, 2.24) is 4.31 Å². The number of methoxy groups -OCH3 is 1. The molecule has 0 aromatic heterocycles. The topological polar surface area (TPSA) is 63.7 Å². The summed E-state index contributed by atoms with van der Waals surface area (Å²) in [7, 11) is -2.51. The highest BCUT2D eigenvalue weighted by Crippen LogP contribution is 2.24. The summed E-state index contributed by atoms with van der Waals surface area (Å²) in [6.07, 6.45) is 7.48. The molecule has 1 aliphatic rings. The Hall–Kier alpha value is -1.66. The van der Waals surface area contributed by atoms with Crippen LogP contribution in [0.4, 0.5) is 0 Å². The zero-order chi connectivity index (χ0) is 18.4. The molecule has 0 saturated heterocycles. The first kappa shape index (κ1) is 19.7. The highest BCUT2D eigenvalue weighted by atomic mass is 32.2. The van der Waals surface area contributed by atoms with Crippen LogP contribution in [0.3, 0.4) is 0 Å². The molecule has 138 valence electrons. The number of allylic oxidation sites excluding steroid dienone is 1. The Morgan fingerprint density at radius 2 is 1.80 bits per heavy atom. The van der Waals surface area contributed by atoms with Gasteiger partial charge in [-0.05, 0) is 51.7 Å². The molecule has 0 amide bonds. The Kier molecular flexibility index (Phi) is 6.79. The lowest BCUT2D eigenvalue weighted by Crippen LogP contribution is -2.43. The first-order valence-corrected chi connectivity index (χ1v) is 10.1. The number of nitrogens with zero attached hydrogens (tertiary/aromatic N) is 1. The predicted octanol–water partition coefficient (Wildman–Crippen LogP) is 3.44. The molecule has 1 aliphatic carbocycles. The third-order valence-electron chi connectivity index (χ3n) is 4.66. The highest BCUT2D eigenvalue weighted by molar-refractivity contribution is 7.89.